The maximum Gasteiger partial charge on any atom is 0.188 e. The minimum atomic E-state index is -0.287. The van der Waals surface area contributed by atoms with Gasteiger partial charge < -0.3 is 16.0 Å². The van der Waals surface area contributed by atoms with E-state index >= 15 is 0 Å². The molecule has 1 saturated heterocycles. The zero-order valence-corrected chi connectivity index (χ0v) is 13.1. The predicted octanol–water partition coefficient (Wildman–Crippen LogP) is 1.25. The number of piperidine rings is 1. The molecule has 2 heterocycles. The van der Waals surface area contributed by atoms with Gasteiger partial charge in [-0.15, -0.1) is 0 Å². The fourth-order valence-electron chi connectivity index (χ4n) is 3.07. The minimum Gasteiger partial charge on any atom is -0.375 e. The zero-order chi connectivity index (χ0) is 14.4. The quantitative estimate of drug-likeness (QED) is 0.685. The van der Waals surface area contributed by atoms with Crippen LogP contribution in [0.4, 0.5) is 0 Å². The minimum absolute atomic E-state index is 0.287. The van der Waals surface area contributed by atoms with Gasteiger partial charge >= 0.3 is 0 Å². The molecule has 114 valence electrons. The van der Waals surface area contributed by atoms with Crippen molar-refractivity contribution in [1.82, 2.24) is 20.9 Å². The van der Waals surface area contributed by atoms with Crippen molar-refractivity contribution < 1.29 is 0 Å². The Morgan fingerprint density at radius 1 is 1.45 bits per heavy atom. The number of nitrogens with zero attached hydrogens (tertiary/aromatic N) is 2. The molecular formula is C15H29N5. The van der Waals surface area contributed by atoms with E-state index < -0.39 is 0 Å². The lowest BCUT2D eigenvalue weighted by molar-refractivity contribution is 0.0308. The molecule has 0 bridgehead atoms. The fraction of sp³-hybridized carbons (Fsp3) is 0.800. The summed E-state index contributed by atoms with van der Waals surface area (Å²) >= 11 is 0. The molecule has 2 aliphatic rings. The molecule has 0 saturated carbocycles. The monoisotopic (exact) mass is 279 g/mol. The lowest BCUT2D eigenvalue weighted by Gasteiger charge is -2.46. The van der Waals surface area contributed by atoms with Crippen LogP contribution >= 0.6 is 0 Å². The molecule has 1 unspecified atom stereocenters. The van der Waals surface area contributed by atoms with Crippen molar-refractivity contribution in [3.05, 3.63) is 11.9 Å². The van der Waals surface area contributed by atoms with Crippen molar-refractivity contribution in [2.45, 2.75) is 50.9 Å². The van der Waals surface area contributed by atoms with Gasteiger partial charge in [0.05, 0.1) is 0 Å². The molecule has 5 nitrogen and oxygen atoms in total. The summed E-state index contributed by atoms with van der Waals surface area (Å²) in [6.07, 6.45) is 9.74. The van der Waals surface area contributed by atoms with Crippen LogP contribution in [-0.2, 0) is 0 Å². The molecule has 2 aliphatic heterocycles. The molecule has 1 fully saturated rings. The topological polar surface area (TPSA) is 51.7 Å². The molecule has 2 rings (SSSR count). The average Bonchev–Trinajstić information content (AvgIpc) is 2.53. The predicted molar refractivity (Wildman–Crippen MR) is 84.7 cm³/mol. The first-order chi connectivity index (χ1) is 9.72. The summed E-state index contributed by atoms with van der Waals surface area (Å²) in [5, 5.41) is 10.3. The van der Waals surface area contributed by atoms with Gasteiger partial charge in [-0.05, 0) is 45.5 Å². The smallest absolute Gasteiger partial charge is 0.188 e. The number of hydrogen-bond donors (Lipinski definition) is 3. The summed E-state index contributed by atoms with van der Waals surface area (Å²) in [7, 11) is 4.17. The number of allylic oxidation sites excluding steroid dienone is 1. The van der Waals surface area contributed by atoms with Gasteiger partial charge in [0.1, 0.15) is 5.82 Å². The Bertz CT molecular complexity index is 359. The summed E-state index contributed by atoms with van der Waals surface area (Å²) in [6, 6.07) is 0.592. The van der Waals surface area contributed by atoms with E-state index in [0.29, 0.717) is 6.04 Å². The van der Waals surface area contributed by atoms with E-state index in [0.717, 1.165) is 25.3 Å². The van der Waals surface area contributed by atoms with Crippen LogP contribution in [0, 0.1) is 0 Å². The van der Waals surface area contributed by atoms with Gasteiger partial charge in [-0.1, -0.05) is 13.3 Å². The molecule has 1 atom stereocenters. The normalized spacial score (nSPS) is 27.3. The van der Waals surface area contributed by atoms with Crippen molar-refractivity contribution in [2.24, 2.45) is 4.99 Å². The van der Waals surface area contributed by atoms with Crippen LogP contribution in [0.15, 0.2) is 16.9 Å². The lowest BCUT2D eigenvalue weighted by Crippen LogP contribution is -2.62. The van der Waals surface area contributed by atoms with E-state index in [-0.39, 0.29) is 5.79 Å². The standard InChI is InChI=1S/C15H29N5/c1-4-5-9-15(18-12-8-14(16-2)19-15)20(3)13-6-10-17-11-7-13/h8,12-13,16-17,19H,4-7,9-11H2,1-3H3. The van der Waals surface area contributed by atoms with Crippen LogP contribution in [0.1, 0.15) is 39.0 Å². The van der Waals surface area contributed by atoms with E-state index in [1.165, 1.54) is 25.7 Å². The van der Waals surface area contributed by atoms with Crippen molar-refractivity contribution in [2.75, 3.05) is 27.2 Å². The van der Waals surface area contributed by atoms with Crippen molar-refractivity contribution >= 4 is 6.21 Å². The Hall–Kier alpha value is -1.07. The highest BCUT2D eigenvalue weighted by atomic mass is 15.4. The molecule has 20 heavy (non-hydrogen) atoms. The molecule has 0 aliphatic carbocycles. The Morgan fingerprint density at radius 2 is 2.20 bits per heavy atom. The molecular weight excluding hydrogens is 250 g/mol. The van der Waals surface area contributed by atoms with E-state index in [1.54, 1.807) is 0 Å². The number of nitrogens with one attached hydrogen (secondary N) is 3. The van der Waals surface area contributed by atoms with Gasteiger partial charge in [-0.2, -0.15) is 0 Å². The maximum atomic E-state index is 4.82. The number of aliphatic imine (C=N–C) groups is 1. The molecule has 0 aromatic heterocycles. The third-order valence-corrected chi connectivity index (χ3v) is 4.45. The maximum absolute atomic E-state index is 4.82. The second-order valence-electron chi connectivity index (χ2n) is 5.75. The van der Waals surface area contributed by atoms with Crippen LogP contribution in [0.25, 0.3) is 0 Å². The van der Waals surface area contributed by atoms with Gasteiger partial charge in [0, 0.05) is 25.7 Å². The van der Waals surface area contributed by atoms with Crippen molar-refractivity contribution in [3.63, 3.8) is 0 Å². The Balaban J connectivity index is 2.13. The number of rotatable bonds is 6. The third-order valence-electron chi connectivity index (χ3n) is 4.45. The van der Waals surface area contributed by atoms with Crippen molar-refractivity contribution in [1.29, 1.82) is 0 Å². The Labute approximate surface area is 122 Å². The molecule has 0 aromatic carbocycles. The van der Waals surface area contributed by atoms with Crippen LogP contribution < -0.4 is 16.0 Å². The number of unbranched alkanes of at least 4 members (excludes halogenated alkanes) is 1. The SMILES string of the molecule is CCCCC1(N(C)C2CCNCC2)N=CC=C(NC)N1. The molecule has 3 N–H and O–H groups in total. The summed E-state index contributed by atoms with van der Waals surface area (Å²) in [5.74, 6) is 0.766. The first kappa shape index (κ1) is 15.3. The second kappa shape index (κ2) is 7.09. The molecule has 5 heteroatoms. The van der Waals surface area contributed by atoms with Gasteiger partial charge in [0.2, 0.25) is 0 Å². The first-order valence-electron chi connectivity index (χ1n) is 7.87. The van der Waals surface area contributed by atoms with E-state index in [2.05, 4.69) is 34.8 Å². The number of hydrogen-bond acceptors (Lipinski definition) is 5. The molecule has 0 amide bonds. The van der Waals surface area contributed by atoms with Gasteiger partial charge in [0.15, 0.2) is 5.79 Å². The van der Waals surface area contributed by atoms with Crippen LogP contribution in [-0.4, -0.2) is 50.1 Å². The summed E-state index contributed by atoms with van der Waals surface area (Å²) in [6.45, 7) is 4.45. The van der Waals surface area contributed by atoms with E-state index in [4.69, 9.17) is 4.99 Å². The largest absolute Gasteiger partial charge is 0.375 e. The second-order valence-corrected chi connectivity index (χ2v) is 5.75. The van der Waals surface area contributed by atoms with Crippen LogP contribution in [0.2, 0.25) is 0 Å². The third kappa shape index (κ3) is 3.33. The highest BCUT2D eigenvalue weighted by Crippen LogP contribution is 2.27. The summed E-state index contributed by atoms with van der Waals surface area (Å²) in [5.41, 5.74) is 0. The van der Waals surface area contributed by atoms with Crippen molar-refractivity contribution in [3.8, 4) is 0 Å². The van der Waals surface area contributed by atoms with E-state index in [9.17, 15) is 0 Å². The highest BCUT2D eigenvalue weighted by Gasteiger charge is 2.38. The Morgan fingerprint density at radius 3 is 2.85 bits per heavy atom. The molecule has 0 spiro atoms. The molecule has 0 aromatic rings. The lowest BCUT2D eigenvalue weighted by atomic mass is 10.0. The molecule has 0 radical (unpaired) electrons. The fourth-order valence-corrected chi connectivity index (χ4v) is 3.07. The zero-order valence-electron chi connectivity index (χ0n) is 13.1. The van der Waals surface area contributed by atoms with Gasteiger partial charge in [-0.3, -0.25) is 9.89 Å². The van der Waals surface area contributed by atoms with Gasteiger partial charge in [-0.25, -0.2) is 0 Å². The highest BCUT2D eigenvalue weighted by molar-refractivity contribution is 5.73. The average molecular weight is 279 g/mol. The van der Waals surface area contributed by atoms with Gasteiger partial charge in [0.25, 0.3) is 0 Å². The van der Waals surface area contributed by atoms with E-state index in [1.807, 2.05) is 19.3 Å². The van der Waals surface area contributed by atoms with Crippen LogP contribution in [0.5, 0.6) is 0 Å². The first-order valence-corrected chi connectivity index (χ1v) is 7.87. The summed E-state index contributed by atoms with van der Waals surface area (Å²) < 4.78 is 0. The summed E-state index contributed by atoms with van der Waals surface area (Å²) in [4.78, 5) is 7.27. The Kier molecular flexibility index (Phi) is 5.43. The van der Waals surface area contributed by atoms with Crippen LogP contribution in [0.3, 0.4) is 0 Å².